The minimum absolute atomic E-state index is 0.0628. The van der Waals surface area contributed by atoms with Crippen molar-refractivity contribution >= 4 is 21.4 Å². The van der Waals surface area contributed by atoms with Gasteiger partial charge in [0.1, 0.15) is 15.6 Å². The minimum Gasteiger partial charge on any atom is -0.439 e. The second-order valence-corrected chi connectivity index (χ2v) is 7.57. The van der Waals surface area contributed by atoms with E-state index < -0.39 is 21.8 Å². The van der Waals surface area contributed by atoms with Gasteiger partial charge in [-0.1, -0.05) is 18.2 Å². The molecule has 1 atom stereocenters. The van der Waals surface area contributed by atoms with Gasteiger partial charge in [0.05, 0.1) is 23.7 Å². The first kappa shape index (κ1) is 17.9. The lowest BCUT2D eigenvalue weighted by atomic mass is 10.2. The molecule has 0 aliphatic heterocycles. The van der Waals surface area contributed by atoms with E-state index in [0.717, 1.165) is 6.26 Å². The summed E-state index contributed by atoms with van der Waals surface area (Å²) in [5, 5.41) is 2.59. The Kier molecular flexibility index (Phi) is 5.88. The summed E-state index contributed by atoms with van der Waals surface area (Å²) in [5.41, 5.74) is 6.14. The van der Waals surface area contributed by atoms with Crippen LogP contribution in [-0.2, 0) is 14.6 Å². The molecule has 1 heterocycles. The molecule has 0 spiro atoms. The van der Waals surface area contributed by atoms with E-state index in [-0.39, 0.29) is 12.2 Å². The predicted octanol–water partition coefficient (Wildman–Crippen LogP) is 1.57. The number of sulfone groups is 1. The minimum atomic E-state index is -3.15. The van der Waals surface area contributed by atoms with Gasteiger partial charge in [-0.15, -0.1) is 0 Å². The van der Waals surface area contributed by atoms with Crippen molar-refractivity contribution in [3.8, 4) is 11.6 Å². The molecular weight excluding hydrogens is 330 g/mol. The summed E-state index contributed by atoms with van der Waals surface area (Å²) in [7, 11) is -3.15. The fourth-order valence-electron chi connectivity index (χ4n) is 1.83. The molecular formula is C16H19N3O4S. The Hall–Kier alpha value is -2.45. The number of pyridine rings is 1. The van der Waals surface area contributed by atoms with Gasteiger partial charge in [-0.05, 0) is 24.6 Å². The van der Waals surface area contributed by atoms with Gasteiger partial charge < -0.3 is 15.8 Å². The number of anilines is 1. The fraction of sp³-hybridized carbons (Fsp3) is 0.250. The maximum atomic E-state index is 11.9. The van der Waals surface area contributed by atoms with Crippen LogP contribution in [0.5, 0.6) is 11.6 Å². The summed E-state index contributed by atoms with van der Waals surface area (Å²) in [5.74, 6) is 0.450. The normalized spacial score (nSPS) is 12.4. The van der Waals surface area contributed by atoms with Crippen LogP contribution in [0.4, 0.5) is 5.69 Å². The lowest BCUT2D eigenvalue weighted by molar-refractivity contribution is -0.117. The third-order valence-corrected chi connectivity index (χ3v) is 4.08. The molecule has 7 nitrogen and oxygen atoms in total. The van der Waals surface area contributed by atoms with E-state index in [1.165, 1.54) is 6.20 Å². The van der Waals surface area contributed by atoms with Crippen LogP contribution in [0.25, 0.3) is 0 Å². The van der Waals surface area contributed by atoms with Crippen LogP contribution in [0, 0.1) is 0 Å². The fourth-order valence-corrected chi connectivity index (χ4v) is 2.51. The number of nitrogens with zero attached hydrogens (tertiary/aromatic N) is 1. The van der Waals surface area contributed by atoms with E-state index >= 15 is 0 Å². The molecule has 0 bridgehead atoms. The molecule has 0 radical (unpaired) electrons. The topological polar surface area (TPSA) is 111 Å². The van der Waals surface area contributed by atoms with Crippen LogP contribution >= 0.6 is 0 Å². The third kappa shape index (κ3) is 5.98. The number of ether oxygens (including phenoxy) is 1. The van der Waals surface area contributed by atoms with Crippen molar-refractivity contribution in [3.05, 3.63) is 48.7 Å². The van der Waals surface area contributed by atoms with Gasteiger partial charge in [0.25, 0.3) is 0 Å². The molecule has 0 saturated heterocycles. The molecule has 3 N–H and O–H groups in total. The van der Waals surface area contributed by atoms with Crippen molar-refractivity contribution in [1.29, 1.82) is 0 Å². The maximum absolute atomic E-state index is 11.9. The number of rotatable bonds is 7. The lowest BCUT2D eigenvalue weighted by Crippen LogP contribution is -2.37. The number of hydrogen-bond acceptors (Lipinski definition) is 6. The van der Waals surface area contributed by atoms with E-state index in [9.17, 15) is 13.2 Å². The average Bonchev–Trinajstić information content (AvgIpc) is 2.54. The van der Waals surface area contributed by atoms with Crippen molar-refractivity contribution in [2.45, 2.75) is 12.5 Å². The standard InChI is InChI=1S/C16H19N3O4S/c1-24(21,22)10-9-14(17)16(20)19-12-7-8-15(18-11-12)23-13-5-3-2-4-6-13/h2-8,11,14H,9-10,17H2,1H3,(H,19,20). The van der Waals surface area contributed by atoms with Crippen LogP contribution in [0.3, 0.4) is 0 Å². The highest BCUT2D eigenvalue weighted by atomic mass is 32.2. The quantitative estimate of drug-likeness (QED) is 0.785. The number of aromatic nitrogens is 1. The highest BCUT2D eigenvalue weighted by molar-refractivity contribution is 7.90. The van der Waals surface area contributed by atoms with Crippen LogP contribution in [0.15, 0.2) is 48.7 Å². The number of hydrogen-bond donors (Lipinski definition) is 2. The second kappa shape index (κ2) is 7.89. The highest BCUT2D eigenvalue weighted by Gasteiger charge is 2.16. The maximum Gasteiger partial charge on any atom is 0.241 e. The van der Waals surface area contributed by atoms with E-state index in [4.69, 9.17) is 10.5 Å². The van der Waals surface area contributed by atoms with Crippen molar-refractivity contribution in [2.75, 3.05) is 17.3 Å². The summed E-state index contributed by atoms with van der Waals surface area (Å²) in [6.45, 7) is 0. The number of para-hydroxylation sites is 1. The van der Waals surface area contributed by atoms with Crippen LogP contribution in [-0.4, -0.2) is 37.4 Å². The van der Waals surface area contributed by atoms with Crippen molar-refractivity contribution in [3.63, 3.8) is 0 Å². The Morgan fingerprint density at radius 1 is 1.25 bits per heavy atom. The van der Waals surface area contributed by atoms with Gasteiger partial charge in [0.2, 0.25) is 11.8 Å². The molecule has 1 aromatic carbocycles. The molecule has 8 heteroatoms. The number of benzene rings is 1. The first-order valence-electron chi connectivity index (χ1n) is 7.26. The first-order chi connectivity index (χ1) is 11.3. The third-order valence-electron chi connectivity index (χ3n) is 3.11. The average molecular weight is 349 g/mol. The molecule has 1 amide bonds. The zero-order chi connectivity index (χ0) is 17.6. The number of carbonyl (C=O) groups is 1. The summed E-state index contributed by atoms with van der Waals surface area (Å²) in [6, 6.07) is 11.5. The SMILES string of the molecule is CS(=O)(=O)CCC(N)C(=O)Nc1ccc(Oc2ccccc2)nc1. The molecule has 24 heavy (non-hydrogen) atoms. The highest BCUT2D eigenvalue weighted by Crippen LogP contribution is 2.19. The molecule has 2 aromatic rings. The predicted molar refractivity (Wildman–Crippen MR) is 91.7 cm³/mol. The van der Waals surface area contributed by atoms with Gasteiger partial charge in [-0.3, -0.25) is 4.79 Å². The van der Waals surface area contributed by atoms with Gasteiger partial charge in [-0.2, -0.15) is 0 Å². The summed E-state index contributed by atoms with van der Waals surface area (Å²) in [4.78, 5) is 16.0. The zero-order valence-electron chi connectivity index (χ0n) is 13.2. The molecule has 0 fully saturated rings. The Morgan fingerprint density at radius 3 is 2.54 bits per heavy atom. The molecule has 0 aliphatic carbocycles. The van der Waals surface area contributed by atoms with E-state index in [1.54, 1.807) is 24.3 Å². The number of amides is 1. The number of nitrogens with two attached hydrogens (primary N) is 1. The zero-order valence-corrected chi connectivity index (χ0v) is 14.0. The first-order valence-corrected chi connectivity index (χ1v) is 9.33. The van der Waals surface area contributed by atoms with Crippen LogP contribution in [0.2, 0.25) is 0 Å². The number of carbonyl (C=O) groups excluding carboxylic acids is 1. The van der Waals surface area contributed by atoms with E-state index in [0.29, 0.717) is 17.3 Å². The van der Waals surface area contributed by atoms with Gasteiger partial charge in [-0.25, -0.2) is 13.4 Å². The van der Waals surface area contributed by atoms with Crippen LogP contribution in [0.1, 0.15) is 6.42 Å². The second-order valence-electron chi connectivity index (χ2n) is 5.31. The molecule has 128 valence electrons. The molecule has 1 aromatic heterocycles. The lowest BCUT2D eigenvalue weighted by Gasteiger charge is -2.12. The number of nitrogens with one attached hydrogen (secondary N) is 1. The van der Waals surface area contributed by atoms with Crippen LogP contribution < -0.4 is 15.8 Å². The summed E-state index contributed by atoms with van der Waals surface area (Å²) < 4.78 is 27.7. The molecule has 0 aliphatic rings. The Balaban J connectivity index is 1.90. The van der Waals surface area contributed by atoms with E-state index in [2.05, 4.69) is 10.3 Å². The Morgan fingerprint density at radius 2 is 1.96 bits per heavy atom. The Labute approximate surface area is 140 Å². The van der Waals surface area contributed by atoms with E-state index in [1.807, 2.05) is 18.2 Å². The van der Waals surface area contributed by atoms with Crippen molar-refractivity contribution in [1.82, 2.24) is 4.98 Å². The smallest absolute Gasteiger partial charge is 0.241 e. The van der Waals surface area contributed by atoms with Gasteiger partial charge >= 0.3 is 0 Å². The summed E-state index contributed by atoms with van der Waals surface area (Å²) in [6.07, 6.45) is 2.61. The molecule has 2 rings (SSSR count). The van der Waals surface area contributed by atoms with Crippen molar-refractivity contribution in [2.24, 2.45) is 5.73 Å². The summed E-state index contributed by atoms with van der Waals surface area (Å²) >= 11 is 0. The molecule has 1 unspecified atom stereocenters. The van der Waals surface area contributed by atoms with Gasteiger partial charge in [0, 0.05) is 12.3 Å². The Bertz CT molecular complexity index is 777. The largest absolute Gasteiger partial charge is 0.439 e. The molecule has 0 saturated carbocycles. The van der Waals surface area contributed by atoms with Crippen molar-refractivity contribution < 1.29 is 17.9 Å². The van der Waals surface area contributed by atoms with Gasteiger partial charge in [0.15, 0.2) is 0 Å². The monoisotopic (exact) mass is 349 g/mol.